The normalized spacial score (nSPS) is 11.0. The van der Waals surface area contributed by atoms with Crippen molar-refractivity contribution in [1.29, 1.82) is 0 Å². The van der Waals surface area contributed by atoms with E-state index in [4.69, 9.17) is 9.47 Å². The van der Waals surface area contributed by atoms with E-state index in [9.17, 15) is 9.90 Å². The molecule has 3 rings (SSSR count). The Hall–Kier alpha value is -3.67. The SMILES string of the molecule is CCCCCCCOc1ccc(C(=O)Oc2ccc(N=Nc3ccc(C)cc3)c(O)c2)cc1. The highest BCUT2D eigenvalue weighted by molar-refractivity contribution is 5.91. The second-order valence-corrected chi connectivity index (χ2v) is 7.86. The number of nitrogens with zero attached hydrogens (tertiary/aromatic N) is 2. The van der Waals surface area contributed by atoms with Crippen molar-refractivity contribution in [2.45, 2.75) is 46.0 Å². The van der Waals surface area contributed by atoms with Gasteiger partial charge in [0.15, 0.2) is 0 Å². The van der Waals surface area contributed by atoms with Crippen molar-refractivity contribution in [3.05, 3.63) is 77.9 Å². The van der Waals surface area contributed by atoms with Gasteiger partial charge in [-0.25, -0.2) is 4.79 Å². The number of phenolic OH excluding ortho intramolecular Hbond substituents is 1. The van der Waals surface area contributed by atoms with Gasteiger partial charge >= 0.3 is 5.97 Å². The lowest BCUT2D eigenvalue weighted by Crippen LogP contribution is -2.08. The topological polar surface area (TPSA) is 80.5 Å². The van der Waals surface area contributed by atoms with Gasteiger partial charge in [-0.2, -0.15) is 5.11 Å². The lowest BCUT2D eigenvalue weighted by atomic mass is 10.2. The smallest absolute Gasteiger partial charge is 0.343 e. The van der Waals surface area contributed by atoms with Crippen LogP contribution in [-0.2, 0) is 0 Å². The van der Waals surface area contributed by atoms with Gasteiger partial charge in [0.1, 0.15) is 22.9 Å². The fourth-order valence-corrected chi connectivity index (χ4v) is 3.12. The largest absolute Gasteiger partial charge is 0.505 e. The van der Waals surface area contributed by atoms with E-state index in [2.05, 4.69) is 17.2 Å². The van der Waals surface area contributed by atoms with Gasteiger partial charge in [0.25, 0.3) is 0 Å². The number of carbonyl (C=O) groups excluding carboxylic acids is 1. The Morgan fingerprint density at radius 3 is 2.24 bits per heavy atom. The number of benzene rings is 3. The fourth-order valence-electron chi connectivity index (χ4n) is 3.12. The first-order valence-electron chi connectivity index (χ1n) is 11.3. The number of unbranched alkanes of at least 4 members (excludes halogenated alkanes) is 4. The molecule has 6 nitrogen and oxygen atoms in total. The van der Waals surface area contributed by atoms with Gasteiger partial charge in [-0.3, -0.25) is 0 Å². The first kappa shape index (κ1) is 24.0. The van der Waals surface area contributed by atoms with Crippen molar-refractivity contribution in [2.24, 2.45) is 10.2 Å². The number of rotatable bonds is 11. The van der Waals surface area contributed by atoms with Gasteiger partial charge in [0, 0.05) is 6.07 Å². The van der Waals surface area contributed by atoms with Crippen molar-refractivity contribution >= 4 is 17.3 Å². The molecule has 0 saturated carbocycles. The minimum absolute atomic E-state index is 0.126. The summed E-state index contributed by atoms with van der Waals surface area (Å²) in [6.45, 7) is 4.85. The van der Waals surface area contributed by atoms with Crippen LogP contribution < -0.4 is 9.47 Å². The molecular weight excluding hydrogens is 416 g/mol. The highest BCUT2D eigenvalue weighted by Crippen LogP contribution is 2.32. The van der Waals surface area contributed by atoms with Crippen LogP contribution in [0.1, 0.15) is 54.9 Å². The molecule has 0 fully saturated rings. The van der Waals surface area contributed by atoms with Crippen LogP contribution >= 0.6 is 0 Å². The van der Waals surface area contributed by atoms with Crippen LogP contribution in [0.25, 0.3) is 0 Å². The second-order valence-electron chi connectivity index (χ2n) is 7.86. The lowest BCUT2D eigenvalue weighted by molar-refractivity contribution is 0.0734. The minimum Gasteiger partial charge on any atom is -0.505 e. The molecule has 0 atom stereocenters. The van der Waals surface area contributed by atoms with E-state index in [0.29, 0.717) is 17.9 Å². The molecule has 0 unspecified atom stereocenters. The maximum Gasteiger partial charge on any atom is 0.343 e. The maximum atomic E-state index is 12.4. The highest BCUT2D eigenvalue weighted by Gasteiger charge is 2.11. The van der Waals surface area contributed by atoms with Gasteiger partial charge in [0.2, 0.25) is 0 Å². The van der Waals surface area contributed by atoms with E-state index in [1.54, 1.807) is 36.4 Å². The molecule has 0 heterocycles. The van der Waals surface area contributed by atoms with E-state index in [-0.39, 0.29) is 17.2 Å². The number of hydrogen-bond acceptors (Lipinski definition) is 6. The fraction of sp³-hybridized carbons (Fsp3) is 0.296. The van der Waals surface area contributed by atoms with Gasteiger partial charge < -0.3 is 14.6 Å². The van der Waals surface area contributed by atoms with E-state index in [1.807, 2.05) is 31.2 Å². The number of aryl methyl sites for hydroxylation is 1. The molecule has 0 aromatic heterocycles. The van der Waals surface area contributed by atoms with Crippen molar-refractivity contribution in [3.63, 3.8) is 0 Å². The first-order chi connectivity index (χ1) is 16.0. The summed E-state index contributed by atoms with van der Waals surface area (Å²) in [5.74, 6) is 0.301. The van der Waals surface area contributed by atoms with Crippen LogP contribution in [0.3, 0.4) is 0 Å². The zero-order valence-corrected chi connectivity index (χ0v) is 19.2. The monoisotopic (exact) mass is 446 g/mol. The van der Waals surface area contributed by atoms with Crippen molar-refractivity contribution in [1.82, 2.24) is 0 Å². The van der Waals surface area contributed by atoms with Crippen LogP contribution in [0.5, 0.6) is 17.2 Å². The standard InChI is InChI=1S/C27H30N2O4/c1-3-4-5-6-7-18-32-23-14-10-21(11-15-23)27(31)33-24-16-17-25(26(30)19-24)29-28-22-12-8-20(2)9-13-22/h8-17,19,30H,3-7,18H2,1-2H3. The Bertz CT molecular complexity index is 1060. The summed E-state index contributed by atoms with van der Waals surface area (Å²) < 4.78 is 11.1. The predicted octanol–water partition coefficient (Wildman–Crippen LogP) is 7.68. The number of azo groups is 1. The zero-order valence-electron chi connectivity index (χ0n) is 19.2. The van der Waals surface area contributed by atoms with Gasteiger partial charge in [-0.1, -0.05) is 50.3 Å². The number of esters is 1. The van der Waals surface area contributed by atoms with Crippen LogP contribution in [-0.4, -0.2) is 17.7 Å². The third kappa shape index (κ3) is 7.75. The second kappa shape index (κ2) is 12.4. The molecule has 0 radical (unpaired) electrons. The third-order valence-corrected chi connectivity index (χ3v) is 5.07. The molecule has 3 aromatic rings. The lowest BCUT2D eigenvalue weighted by Gasteiger charge is -2.08. The van der Waals surface area contributed by atoms with E-state index in [0.717, 1.165) is 24.2 Å². The number of aromatic hydroxyl groups is 1. The Kier molecular flexibility index (Phi) is 9.00. The molecule has 172 valence electrons. The molecule has 0 aliphatic carbocycles. The van der Waals surface area contributed by atoms with Crippen LogP contribution in [0.15, 0.2) is 77.0 Å². The van der Waals surface area contributed by atoms with Crippen molar-refractivity contribution in [3.8, 4) is 17.2 Å². The van der Waals surface area contributed by atoms with Crippen molar-refractivity contribution < 1.29 is 19.4 Å². The average Bonchev–Trinajstić information content (AvgIpc) is 2.82. The van der Waals surface area contributed by atoms with E-state index >= 15 is 0 Å². The highest BCUT2D eigenvalue weighted by atomic mass is 16.5. The molecule has 0 saturated heterocycles. The molecule has 0 spiro atoms. The molecule has 33 heavy (non-hydrogen) atoms. The predicted molar refractivity (Wildman–Crippen MR) is 129 cm³/mol. The van der Waals surface area contributed by atoms with Crippen LogP contribution in [0.2, 0.25) is 0 Å². The summed E-state index contributed by atoms with van der Waals surface area (Å²) in [4.78, 5) is 12.4. The van der Waals surface area contributed by atoms with Gasteiger partial charge in [-0.05, 0) is 61.9 Å². The first-order valence-corrected chi connectivity index (χ1v) is 11.3. The molecule has 1 N–H and O–H groups in total. The summed E-state index contributed by atoms with van der Waals surface area (Å²) in [7, 11) is 0. The number of carbonyl (C=O) groups is 1. The van der Waals surface area contributed by atoms with Crippen LogP contribution in [0, 0.1) is 6.92 Å². The zero-order chi connectivity index (χ0) is 23.5. The van der Waals surface area contributed by atoms with Gasteiger partial charge in [-0.15, -0.1) is 5.11 Å². The molecule has 6 heteroatoms. The minimum atomic E-state index is -0.519. The Morgan fingerprint density at radius 1 is 0.848 bits per heavy atom. The summed E-state index contributed by atoms with van der Waals surface area (Å²) in [5, 5.41) is 18.4. The third-order valence-electron chi connectivity index (χ3n) is 5.07. The van der Waals surface area contributed by atoms with E-state index in [1.165, 1.54) is 25.3 Å². The molecule has 3 aromatic carbocycles. The molecule has 0 aliphatic heterocycles. The number of phenols is 1. The summed E-state index contributed by atoms with van der Waals surface area (Å²) in [6.07, 6.45) is 5.90. The van der Waals surface area contributed by atoms with Crippen molar-refractivity contribution in [2.75, 3.05) is 6.61 Å². The van der Waals surface area contributed by atoms with E-state index < -0.39 is 5.97 Å². The molecule has 0 aliphatic rings. The molecule has 0 bridgehead atoms. The summed E-state index contributed by atoms with van der Waals surface area (Å²) in [6, 6.07) is 18.9. The number of ether oxygens (including phenoxy) is 2. The summed E-state index contributed by atoms with van der Waals surface area (Å²) >= 11 is 0. The Morgan fingerprint density at radius 2 is 1.55 bits per heavy atom. The molecular formula is C27H30N2O4. The van der Waals surface area contributed by atoms with Gasteiger partial charge in [0.05, 0.1) is 17.9 Å². The average molecular weight is 447 g/mol. The quantitative estimate of drug-likeness (QED) is 0.142. The number of hydrogen-bond donors (Lipinski definition) is 1. The molecule has 0 amide bonds. The Labute approximate surface area is 194 Å². The maximum absolute atomic E-state index is 12.4. The summed E-state index contributed by atoms with van der Waals surface area (Å²) in [5.41, 5.74) is 2.49. The Balaban J connectivity index is 1.52. The van der Waals surface area contributed by atoms with Crippen LogP contribution in [0.4, 0.5) is 11.4 Å².